The van der Waals surface area contributed by atoms with Gasteiger partial charge in [-0.3, -0.25) is 0 Å². The average molecular weight is 268 g/mol. The van der Waals surface area contributed by atoms with Crippen LogP contribution in [0.3, 0.4) is 0 Å². The minimum atomic E-state index is -0.553. The lowest BCUT2D eigenvalue weighted by Gasteiger charge is -2.41. The lowest BCUT2D eigenvalue weighted by molar-refractivity contribution is 0.153. The predicted molar refractivity (Wildman–Crippen MR) is 80.2 cm³/mol. The van der Waals surface area contributed by atoms with E-state index in [0.29, 0.717) is 0 Å². The second-order valence-electron chi connectivity index (χ2n) is 6.79. The largest absolute Gasteiger partial charge is 0.385 e. The Balaban J connectivity index is 1.89. The molecule has 0 atom stereocenters. The van der Waals surface area contributed by atoms with Gasteiger partial charge in [-0.25, -0.2) is 0 Å². The van der Waals surface area contributed by atoms with Gasteiger partial charge in [-0.2, -0.15) is 0 Å². The number of hydrogen-bond acceptors (Lipinski definition) is 2. The highest BCUT2D eigenvalue weighted by Crippen LogP contribution is 2.52. The van der Waals surface area contributed by atoms with E-state index in [-0.39, 0.29) is 0 Å². The minimum absolute atomic E-state index is 0.553. The molecule has 1 saturated heterocycles. The van der Waals surface area contributed by atoms with Crippen molar-refractivity contribution in [1.82, 2.24) is 4.57 Å². The number of hydrogen-bond donors (Lipinski definition) is 1. The fourth-order valence-corrected chi connectivity index (χ4v) is 4.46. The smallest absolute Gasteiger partial charge is 0.112 e. The summed E-state index contributed by atoms with van der Waals surface area (Å²) in [4.78, 5) is 2.54. The van der Waals surface area contributed by atoms with Crippen LogP contribution in [0, 0.1) is 0 Å². The molecule has 3 nitrogen and oxygen atoms in total. The molecule has 20 heavy (non-hydrogen) atoms. The van der Waals surface area contributed by atoms with E-state index in [4.69, 9.17) is 0 Å². The van der Waals surface area contributed by atoms with E-state index in [1.165, 1.54) is 42.7 Å². The Bertz CT molecular complexity index is 718. The monoisotopic (exact) mass is 268 g/mol. The van der Waals surface area contributed by atoms with Gasteiger partial charge in [0.1, 0.15) is 5.82 Å². The van der Waals surface area contributed by atoms with Gasteiger partial charge in [0.2, 0.25) is 0 Å². The highest BCUT2D eigenvalue weighted by Gasteiger charge is 2.45. The molecule has 0 unspecified atom stereocenters. The maximum Gasteiger partial charge on any atom is 0.112 e. The van der Waals surface area contributed by atoms with E-state index < -0.39 is 5.60 Å². The van der Waals surface area contributed by atoms with E-state index in [1.807, 2.05) is 0 Å². The summed E-state index contributed by atoms with van der Waals surface area (Å²) in [6.45, 7) is 2.39. The first-order chi connectivity index (χ1) is 9.69. The van der Waals surface area contributed by atoms with Crippen molar-refractivity contribution in [3.05, 3.63) is 29.3 Å². The highest BCUT2D eigenvalue weighted by molar-refractivity contribution is 5.94. The van der Waals surface area contributed by atoms with E-state index in [1.54, 1.807) is 5.56 Å². The third-order valence-corrected chi connectivity index (χ3v) is 5.65. The van der Waals surface area contributed by atoms with Crippen LogP contribution in [0.2, 0.25) is 0 Å². The molecule has 1 saturated carbocycles. The number of aliphatic hydroxyl groups is 1. The van der Waals surface area contributed by atoms with E-state index in [0.717, 1.165) is 24.3 Å². The third kappa shape index (κ3) is 1.20. The Kier molecular flexibility index (Phi) is 1.90. The molecule has 0 amide bonds. The predicted octanol–water partition coefficient (Wildman–Crippen LogP) is 2.86. The Labute approximate surface area is 118 Å². The van der Waals surface area contributed by atoms with Crippen molar-refractivity contribution in [2.45, 2.75) is 37.2 Å². The molecule has 2 aromatic rings. The zero-order valence-electron chi connectivity index (χ0n) is 11.9. The molecule has 0 spiro atoms. The SMILES string of the molecule is Cn1c2c(c3cccc(C4(O)CC4)c31)C1CCN2CC1. The average Bonchev–Trinajstić information content (AvgIpc) is 3.17. The van der Waals surface area contributed by atoms with Crippen molar-refractivity contribution < 1.29 is 5.11 Å². The quantitative estimate of drug-likeness (QED) is 0.861. The van der Waals surface area contributed by atoms with Crippen LogP contribution < -0.4 is 4.90 Å². The fraction of sp³-hybridized carbons (Fsp3) is 0.529. The first-order valence-electron chi connectivity index (χ1n) is 7.78. The molecule has 3 heteroatoms. The second kappa shape index (κ2) is 3.40. The van der Waals surface area contributed by atoms with Gasteiger partial charge in [0.25, 0.3) is 0 Å². The number of fused-ring (bicyclic) bond motifs is 3. The first-order valence-corrected chi connectivity index (χ1v) is 7.78. The van der Waals surface area contributed by atoms with Crippen molar-refractivity contribution in [3.63, 3.8) is 0 Å². The summed E-state index contributed by atoms with van der Waals surface area (Å²) in [5.74, 6) is 2.14. The molecule has 4 heterocycles. The fourth-order valence-electron chi connectivity index (χ4n) is 4.46. The summed E-state index contributed by atoms with van der Waals surface area (Å²) in [5, 5.41) is 12.0. The minimum Gasteiger partial charge on any atom is -0.385 e. The number of rotatable bonds is 1. The molecule has 104 valence electrons. The van der Waals surface area contributed by atoms with E-state index in [9.17, 15) is 5.11 Å². The number of piperidine rings is 1. The lowest BCUT2D eigenvalue weighted by atomic mass is 9.84. The summed E-state index contributed by atoms with van der Waals surface area (Å²) < 4.78 is 2.35. The van der Waals surface area contributed by atoms with Crippen molar-refractivity contribution in [3.8, 4) is 0 Å². The van der Waals surface area contributed by atoms with Gasteiger partial charge in [0, 0.05) is 36.7 Å². The van der Waals surface area contributed by atoms with Crippen molar-refractivity contribution in [2.24, 2.45) is 7.05 Å². The van der Waals surface area contributed by atoms with Crippen LogP contribution in [0.5, 0.6) is 0 Å². The molecule has 3 aliphatic heterocycles. The molecule has 2 fully saturated rings. The second-order valence-corrected chi connectivity index (χ2v) is 6.79. The molecule has 1 aliphatic carbocycles. The zero-order chi connectivity index (χ0) is 13.5. The topological polar surface area (TPSA) is 28.4 Å². The standard InChI is InChI=1S/C17H20N2O/c1-18-15-12(3-2-4-13(15)17(20)7-8-17)14-11-5-9-19(10-6-11)16(14)18/h2-4,11,20H,5-10H2,1H3. The molecule has 1 N–H and O–H groups in total. The molecule has 1 aromatic carbocycles. The summed E-state index contributed by atoms with van der Waals surface area (Å²) in [7, 11) is 2.18. The number of benzene rings is 1. The molecular formula is C17H20N2O. The van der Waals surface area contributed by atoms with Crippen LogP contribution in [0.25, 0.3) is 10.9 Å². The van der Waals surface area contributed by atoms with Gasteiger partial charge in [0.15, 0.2) is 0 Å². The zero-order valence-corrected chi connectivity index (χ0v) is 11.9. The van der Waals surface area contributed by atoms with Crippen LogP contribution in [0.15, 0.2) is 18.2 Å². The molecular weight excluding hydrogens is 248 g/mol. The molecule has 4 aliphatic rings. The normalized spacial score (nSPS) is 23.4. The third-order valence-electron chi connectivity index (χ3n) is 5.65. The summed E-state index contributed by atoms with van der Waals surface area (Å²) in [6.07, 6.45) is 4.41. The van der Waals surface area contributed by atoms with Crippen LogP contribution in [-0.4, -0.2) is 22.8 Å². The maximum atomic E-state index is 10.6. The van der Waals surface area contributed by atoms with Crippen molar-refractivity contribution >= 4 is 16.7 Å². The molecule has 0 radical (unpaired) electrons. The molecule has 1 aromatic heterocycles. The van der Waals surface area contributed by atoms with Gasteiger partial charge in [-0.1, -0.05) is 18.2 Å². The van der Waals surface area contributed by atoms with Gasteiger partial charge in [-0.15, -0.1) is 0 Å². The van der Waals surface area contributed by atoms with Crippen molar-refractivity contribution in [1.29, 1.82) is 0 Å². The van der Waals surface area contributed by atoms with Crippen LogP contribution in [-0.2, 0) is 12.6 Å². The lowest BCUT2D eigenvalue weighted by Crippen LogP contribution is -2.39. The molecule has 6 rings (SSSR count). The van der Waals surface area contributed by atoms with Gasteiger partial charge < -0.3 is 14.6 Å². The maximum absolute atomic E-state index is 10.6. The summed E-state index contributed by atoms with van der Waals surface area (Å²) in [5.41, 5.74) is 3.41. The Morgan fingerprint density at radius 3 is 2.65 bits per heavy atom. The first kappa shape index (κ1) is 11.2. The molecule has 2 bridgehead atoms. The van der Waals surface area contributed by atoms with Crippen LogP contribution >= 0.6 is 0 Å². The Hall–Kier alpha value is -1.48. The number of anilines is 1. The summed E-state index contributed by atoms with van der Waals surface area (Å²) >= 11 is 0. The van der Waals surface area contributed by atoms with Gasteiger partial charge in [0.05, 0.1) is 11.1 Å². The van der Waals surface area contributed by atoms with Crippen molar-refractivity contribution in [2.75, 3.05) is 18.0 Å². The van der Waals surface area contributed by atoms with E-state index >= 15 is 0 Å². The van der Waals surface area contributed by atoms with Gasteiger partial charge in [-0.05, 0) is 31.6 Å². The van der Waals surface area contributed by atoms with Crippen LogP contribution in [0.1, 0.15) is 42.7 Å². The number of nitrogens with zero attached hydrogens (tertiary/aromatic N) is 2. The number of aromatic nitrogens is 1. The number of para-hydroxylation sites is 1. The Morgan fingerprint density at radius 2 is 1.95 bits per heavy atom. The number of aryl methyl sites for hydroxylation is 1. The van der Waals surface area contributed by atoms with Crippen LogP contribution in [0.4, 0.5) is 5.82 Å². The Morgan fingerprint density at radius 1 is 1.20 bits per heavy atom. The summed E-state index contributed by atoms with van der Waals surface area (Å²) in [6, 6.07) is 6.51. The van der Waals surface area contributed by atoms with Gasteiger partial charge >= 0.3 is 0 Å². The highest BCUT2D eigenvalue weighted by atomic mass is 16.3. The van der Waals surface area contributed by atoms with E-state index in [2.05, 4.69) is 34.7 Å².